The molecule has 0 radical (unpaired) electrons. The molecule has 1 aromatic carbocycles. The van der Waals surface area contributed by atoms with Crippen molar-refractivity contribution in [3.05, 3.63) is 71.4 Å². The average Bonchev–Trinajstić information content (AvgIpc) is 3.26. The minimum atomic E-state index is 0.139. The van der Waals surface area contributed by atoms with Gasteiger partial charge in [0.05, 0.1) is 19.7 Å². The highest BCUT2D eigenvalue weighted by atomic mass is 16.5. The number of aromatic nitrogens is 2. The highest BCUT2D eigenvalue weighted by molar-refractivity contribution is 5.38. The number of methoxy groups -OCH3 is 1. The van der Waals surface area contributed by atoms with Gasteiger partial charge in [0.1, 0.15) is 17.3 Å². The fraction of sp³-hybridized carbons (Fsp3) is 0.350. The smallest absolute Gasteiger partial charge is 0.123 e. The number of rotatable bonds is 7. The van der Waals surface area contributed by atoms with Crippen LogP contribution in [0.25, 0.3) is 0 Å². The molecule has 0 spiro atoms. The molecule has 0 unspecified atom stereocenters. The van der Waals surface area contributed by atoms with Crippen molar-refractivity contribution in [3.8, 4) is 5.75 Å². The molecule has 0 aliphatic carbocycles. The summed E-state index contributed by atoms with van der Waals surface area (Å²) >= 11 is 0. The maximum Gasteiger partial charge on any atom is 0.123 e. The monoisotopic (exact) mass is 339 g/mol. The second-order valence-electron chi connectivity index (χ2n) is 6.33. The van der Waals surface area contributed by atoms with Crippen LogP contribution in [0.3, 0.4) is 0 Å². The number of nitrogens with one attached hydrogen (secondary N) is 1. The predicted octanol–water partition coefficient (Wildman–Crippen LogP) is 4.25. The van der Waals surface area contributed by atoms with Crippen molar-refractivity contribution in [3.63, 3.8) is 0 Å². The quantitative estimate of drug-likeness (QED) is 0.699. The first kappa shape index (κ1) is 17.3. The summed E-state index contributed by atoms with van der Waals surface area (Å²) in [7, 11) is 1.70. The van der Waals surface area contributed by atoms with Crippen LogP contribution in [-0.4, -0.2) is 16.9 Å². The van der Waals surface area contributed by atoms with Crippen LogP contribution in [0.5, 0.6) is 5.75 Å². The van der Waals surface area contributed by atoms with E-state index < -0.39 is 0 Å². The van der Waals surface area contributed by atoms with Crippen molar-refractivity contribution in [2.24, 2.45) is 0 Å². The average molecular weight is 339 g/mol. The van der Waals surface area contributed by atoms with Crippen LogP contribution in [-0.2, 0) is 6.54 Å². The Hall–Kier alpha value is -2.53. The molecule has 2 heterocycles. The summed E-state index contributed by atoms with van der Waals surface area (Å²) in [5.41, 5.74) is 2.32. The van der Waals surface area contributed by atoms with Crippen LogP contribution < -0.4 is 10.1 Å². The molecule has 0 aliphatic heterocycles. The van der Waals surface area contributed by atoms with Crippen molar-refractivity contribution >= 4 is 0 Å². The van der Waals surface area contributed by atoms with E-state index in [0.29, 0.717) is 6.54 Å². The summed E-state index contributed by atoms with van der Waals surface area (Å²) in [6, 6.07) is 12.6. The van der Waals surface area contributed by atoms with Crippen LogP contribution >= 0.6 is 0 Å². The lowest BCUT2D eigenvalue weighted by molar-refractivity contribution is 0.391. The molecular weight excluding hydrogens is 314 g/mol. The number of aryl methyl sites for hydroxylation is 1. The Morgan fingerprint density at radius 2 is 2.04 bits per heavy atom. The predicted molar refractivity (Wildman–Crippen MR) is 97.7 cm³/mol. The second-order valence-corrected chi connectivity index (χ2v) is 6.33. The molecule has 1 N–H and O–H groups in total. The molecule has 5 heteroatoms. The first-order valence-corrected chi connectivity index (χ1v) is 8.53. The summed E-state index contributed by atoms with van der Waals surface area (Å²) in [5, 5.41) is 7.88. The van der Waals surface area contributed by atoms with Crippen molar-refractivity contribution in [2.75, 3.05) is 7.11 Å². The molecular formula is C20H25N3O2. The zero-order valence-corrected chi connectivity index (χ0v) is 15.2. The Bertz CT molecular complexity index is 808. The third-order valence-electron chi connectivity index (χ3n) is 4.38. The highest BCUT2D eigenvalue weighted by Crippen LogP contribution is 2.26. The molecule has 5 nitrogen and oxygen atoms in total. The van der Waals surface area contributed by atoms with E-state index in [-0.39, 0.29) is 12.1 Å². The lowest BCUT2D eigenvalue weighted by Crippen LogP contribution is -2.22. The molecule has 0 saturated heterocycles. The third-order valence-corrected chi connectivity index (χ3v) is 4.38. The van der Waals surface area contributed by atoms with E-state index >= 15 is 0 Å². The molecule has 25 heavy (non-hydrogen) atoms. The topological polar surface area (TPSA) is 52.2 Å². The van der Waals surface area contributed by atoms with Crippen LogP contribution in [0.2, 0.25) is 0 Å². The van der Waals surface area contributed by atoms with Gasteiger partial charge in [-0.05, 0) is 56.7 Å². The Labute approximate surface area is 148 Å². The molecule has 0 bridgehead atoms. The first-order valence-electron chi connectivity index (χ1n) is 8.53. The molecule has 3 rings (SSSR count). The van der Waals surface area contributed by atoms with Gasteiger partial charge in [-0.3, -0.25) is 4.68 Å². The Morgan fingerprint density at radius 1 is 1.20 bits per heavy atom. The van der Waals surface area contributed by atoms with Gasteiger partial charge in [0, 0.05) is 24.0 Å². The molecule has 3 aromatic rings. The highest BCUT2D eigenvalue weighted by Gasteiger charge is 2.15. The van der Waals surface area contributed by atoms with E-state index in [1.165, 1.54) is 5.56 Å². The van der Waals surface area contributed by atoms with Gasteiger partial charge in [0.25, 0.3) is 0 Å². The zero-order chi connectivity index (χ0) is 17.8. The molecule has 0 saturated carbocycles. The first-order chi connectivity index (χ1) is 12.1. The number of hydrogen-bond donors (Lipinski definition) is 1. The van der Waals surface area contributed by atoms with Gasteiger partial charge < -0.3 is 14.5 Å². The van der Waals surface area contributed by atoms with E-state index in [0.717, 1.165) is 22.8 Å². The number of nitrogens with zero attached hydrogens (tertiary/aromatic N) is 2. The largest absolute Gasteiger partial charge is 0.496 e. The zero-order valence-electron chi connectivity index (χ0n) is 15.2. The van der Waals surface area contributed by atoms with Crippen molar-refractivity contribution in [1.29, 1.82) is 0 Å². The summed E-state index contributed by atoms with van der Waals surface area (Å²) in [4.78, 5) is 0. The second kappa shape index (κ2) is 7.57. The summed E-state index contributed by atoms with van der Waals surface area (Å²) < 4.78 is 13.1. The van der Waals surface area contributed by atoms with Crippen molar-refractivity contribution in [1.82, 2.24) is 15.1 Å². The van der Waals surface area contributed by atoms with Gasteiger partial charge in [-0.25, -0.2) is 0 Å². The van der Waals surface area contributed by atoms with E-state index in [1.54, 1.807) is 13.3 Å². The van der Waals surface area contributed by atoms with E-state index in [4.69, 9.17) is 9.15 Å². The molecule has 0 fully saturated rings. The van der Waals surface area contributed by atoms with Crippen LogP contribution in [0.1, 0.15) is 48.6 Å². The van der Waals surface area contributed by atoms with Crippen LogP contribution in [0.15, 0.2) is 53.2 Å². The van der Waals surface area contributed by atoms with Gasteiger partial charge in [-0.2, -0.15) is 5.10 Å². The van der Waals surface area contributed by atoms with E-state index in [9.17, 15) is 0 Å². The fourth-order valence-corrected chi connectivity index (χ4v) is 3.00. The van der Waals surface area contributed by atoms with E-state index in [2.05, 4.69) is 36.4 Å². The molecule has 2 atom stereocenters. The third kappa shape index (κ3) is 4.12. The van der Waals surface area contributed by atoms with Crippen molar-refractivity contribution in [2.45, 2.75) is 39.4 Å². The molecule has 2 aromatic heterocycles. The van der Waals surface area contributed by atoms with Gasteiger partial charge in [0.2, 0.25) is 0 Å². The van der Waals surface area contributed by atoms with E-state index in [1.807, 2.05) is 42.1 Å². The lowest BCUT2D eigenvalue weighted by atomic mass is 10.0. The Balaban J connectivity index is 1.76. The lowest BCUT2D eigenvalue weighted by Gasteiger charge is -2.20. The number of hydrogen-bond acceptors (Lipinski definition) is 4. The Kier molecular flexibility index (Phi) is 5.24. The van der Waals surface area contributed by atoms with Gasteiger partial charge >= 0.3 is 0 Å². The minimum absolute atomic E-state index is 0.139. The molecule has 0 amide bonds. The summed E-state index contributed by atoms with van der Waals surface area (Å²) in [6.45, 7) is 6.92. The standard InChI is InChI=1S/C20H25N3O2/c1-14-6-8-19(25-14)16(3)22-15(2)17-7-9-20(24-4)18(12-17)13-23-11-5-10-21-23/h5-12,15-16,22H,13H2,1-4H3/t15-,16-/m1/s1. The van der Waals surface area contributed by atoms with Crippen molar-refractivity contribution < 1.29 is 9.15 Å². The van der Waals surface area contributed by atoms with Gasteiger partial charge in [0.15, 0.2) is 0 Å². The van der Waals surface area contributed by atoms with Crippen LogP contribution in [0, 0.1) is 6.92 Å². The maximum atomic E-state index is 5.72. The fourth-order valence-electron chi connectivity index (χ4n) is 3.00. The number of ether oxygens (including phenoxy) is 1. The molecule has 0 aliphatic rings. The minimum Gasteiger partial charge on any atom is -0.496 e. The van der Waals surface area contributed by atoms with Gasteiger partial charge in [-0.1, -0.05) is 6.07 Å². The number of furan rings is 1. The maximum absolute atomic E-state index is 5.72. The summed E-state index contributed by atoms with van der Waals surface area (Å²) in [6.07, 6.45) is 3.74. The van der Waals surface area contributed by atoms with Gasteiger partial charge in [-0.15, -0.1) is 0 Å². The summed E-state index contributed by atoms with van der Waals surface area (Å²) in [5.74, 6) is 2.76. The number of benzene rings is 1. The normalized spacial score (nSPS) is 13.6. The Morgan fingerprint density at radius 3 is 2.68 bits per heavy atom. The van der Waals surface area contributed by atoms with Crippen LogP contribution in [0.4, 0.5) is 0 Å². The molecule has 132 valence electrons. The SMILES string of the molecule is COc1ccc([C@@H](C)N[C@H](C)c2ccc(C)o2)cc1Cn1cccn1.